The van der Waals surface area contributed by atoms with E-state index >= 15 is 0 Å². The standard InChI is InChI=1S/C14H11BrN2OS/c1-9-13(12(18)7-15)19-14-16-8-11(17(9)14)10-5-3-2-4-6-10/h2-6,8H,7H2,1H3. The number of fused-ring (bicyclic) bond motifs is 1. The molecule has 2 aromatic heterocycles. The highest BCUT2D eigenvalue weighted by atomic mass is 79.9. The van der Waals surface area contributed by atoms with Gasteiger partial charge in [-0.3, -0.25) is 9.20 Å². The Morgan fingerprint density at radius 1 is 1.37 bits per heavy atom. The van der Waals surface area contributed by atoms with E-state index in [0.29, 0.717) is 5.33 Å². The number of carbonyl (C=O) groups excluding carboxylic acids is 1. The Bertz CT molecular complexity index is 745. The molecule has 0 fully saturated rings. The number of ketones is 1. The maximum absolute atomic E-state index is 11.9. The average molecular weight is 335 g/mol. The number of halogens is 1. The smallest absolute Gasteiger partial charge is 0.195 e. The van der Waals surface area contributed by atoms with Crippen LogP contribution in [0.2, 0.25) is 0 Å². The van der Waals surface area contributed by atoms with E-state index in [1.165, 1.54) is 11.3 Å². The van der Waals surface area contributed by atoms with Crippen molar-refractivity contribution < 1.29 is 4.79 Å². The van der Waals surface area contributed by atoms with Crippen molar-refractivity contribution in [2.24, 2.45) is 0 Å². The lowest BCUT2D eigenvalue weighted by atomic mass is 10.2. The first kappa shape index (κ1) is 12.6. The van der Waals surface area contributed by atoms with Gasteiger partial charge in [-0.2, -0.15) is 0 Å². The van der Waals surface area contributed by atoms with E-state index in [2.05, 4.69) is 25.3 Å². The van der Waals surface area contributed by atoms with E-state index in [-0.39, 0.29) is 5.78 Å². The highest BCUT2D eigenvalue weighted by Crippen LogP contribution is 2.29. The van der Waals surface area contributed by atoms with Crippen molar-refractivity contribution >= 4 is 38.0 Å². The van der Waals surface area contributed by atoms with Crippen LogP contribution in [0.4, 0.5) is 0 Å². The highest BCUT2D eigenvalue weighted by molar-refractivity contribution is 9.09. The maximum Gasteiger partial charge on any atom is 0.195 e. The van der Waals surface area contributed by atoms with Gasteiger partial charge in [0.2, 0.25) is 0 Å². The lowest BCUT2D eigenvalue weighted by molar-refractivity contribution is 0.102. The molecule has 0 bridgehead atoms. The monoisotopic (exact) mass is 334 g/mol. The third-order valence-corrected chi connectivity index (χ3v) is 4.74. The number of hydrogen-bond acceptors (Lipinski definition) is 3. The van der Waals surface area contributed by atoms with Gasteiger partial charge in [0.25, 0.3) is 0 Å². The Morgan fingerprint density at radius 3 is 2.79 bits per heavy atom. The van der Waals surface area contributed by atoms with E-state index < -0.39 is 0 Å². The summed E-state index contributed by atoms with van der Waals surface area (Å²) in [5.74, 6) is 0.104. The van der Waals surface area contributed by atoms with Crippen molar-refractivity contribution in [3.05, 3.63) is 47.1 Å². The number of nitrogens with zero attached hydrogens (tertiary/aromatic N) is 2. The van der Waals surface area contributed by atoms with Crippen molar-refractivity contribution in [3.8, 4) is 11.3 Å². The Hall–Kier alpha value is -1.46. The fraction of sp³-hybridized carbons (Fsp3) is 0.143. The quantitative estimate of drug-likeness (QED) is 0.537. The summed E-state index contributed by atoms with van der Waals surface area (Å²) < 4.78 is 2.05. The second kappa shape index (κ2) is 4.90. The van der Waals surface area contributed by atoms with Crippen molar-refractivity contribution in [1.29, 1.82) is 0 Å². The minimum Gasteiger partial charge on any atom is -0.292 e. The molecule has 0 aliphatic rings. The minimum absolute atomic E-state index is 0.104. The van der Waals surface area contributed by atoms with Crippen LogP contribution in [0.1, 0.15) is 15.4 Å². The summed E-state index contributed by atoms with van der Waals surface area (Å²) in [5.41, 5.74) is 3.09. The molecule has 1 aromatic carbocycles. The third-order valence-electron chi connectivity index (χ3n) is 3.03. The van der Waals surface area contributed by atoms with Gasteiger partial charge in [0.1, 0.15) is 0 Å². The fourth-order valence-electron chi connectivity index (χ4n) is 2.13. The molecule has 0 radical (unpaired) electrons. The summed E-state index contributed by atoms with van der Waals surface area (Å²) in [7, 11) is 0. The first-order valence-corrected chi connectivity index (χ1v) is 7.77. The van der Waals surface area contributed by atoms with Crippen LogP contribution in [0.5, 0.6) is 0 Å². The van der Waals surface area contributed by atoms with Crippen LogP contribution in [0, 0.1) is 6.92 Å². The van der Waals surface area contributed by atoms with Gasteiger partial charge >= 0.3 is 0 Å². The number of hydrogen-bond donors (Lipinski definition) is 0. The Balaban J connectivity index is 2.23. The number of benzene rings is 1. The van der Waals surface area contributed by atoms with Crippen LogP contribution in [0.15, 0.2) is 36.5 Å². The van der Waals surface area contributed by atoms with E-state index in [0.717, 1.165) is 26.8 Å². The van der Waals surface area contributed by atoms with Crippen molar-refractivity contribution in [2.45, 2.75) is 6.92 Å². The predicted molar refractivity (Wildman–Crippen MR) is 81.4 cm³/mol. The van der Waals surface area contributed by atoms with Crippen molar-refractivity contribution in [2.75, 3.05) is 5.33 Å². The number of alkyl halides is 1. The second-order valence-corrected chi connectivity index (χ2v) is 5.74. The maximum atomic E-state index is 11.9. The molecule has 0 unspecified atom stereocenters. The molecule has 0 saturated carbocycles. The van der Waals surface area contributed by atoms with Gasteiger partial charge in [0.05, 0.1) is 22.1 Å². The summed E-state index contributed by atoms with van der Waals surface area (Å²) in [4.78, 5) is 17.9. The lowest BCUT2D eigenvalue weighted by Crippen LogP contribution is -2.00. The molecule has 0 spiro atoms. The molecule has 0 atom stereocenters. The fourth-order valence-corrected chi connectivity index (χ4v) is 3.64. The van der Waals surface area contributed by atoms with E-state index in [9.17, 15) is 4.79 Å². The van der Waals surface area contributed by atoms with Crippen LogP contribution < -0.4 is 0 Å². The molecule has 0 N–H and O–H groups in total. The zero-order chi connectivity index (χ0) is 13.4. The molecule has 96 valence electrons. The predicted octanol–water partition coefficient (Wildman–Crippen LogP) is 3.95. The van der Waals surface area contributed by atoms with Crippen LogP contribution in [-0.4, -0.2) is 20.5 Å². The van der Waals surface area contributed by atoms with Gasteiger partial charge in [-0.15, -0.1) is 0 Å². The minimum atomic E-state index is 0.104. The van der Waals surface area contributed by atoms with Gasteiger partial charge in [-0.25, -0.2) is 4.98 Å². The largest absolute Gasteiger partial charge is 0.292 e. The number of rotatable bonds is 3. The SMILES string of the molecule is Cc1c(C(=O)CBr)sc2ncc(-c3ccccc3)n12. The summed E-state index contributed by atoms with van der Waals surface area (Å²) in [6.07, 6.45) is 1.86. The van der Waals surface area contributed by atoms with Gasteiger partial charge in [-0.1, -0.05) is 57.6 Å². The normalized spacial score (nSPS) is 11.1. The van der Waals surface area contributed by atoms with Gasteiger partial charge in [0, 0.05) is 11.3 Å². The molecule has 3 rings (SSSR count). The Kier molecular flexibility index (Phi) is 3.24. The van der Waals surface area contributed by atoms with Crippen molar-refractivity contribution in [3.63, 3.8) is 0 Å². The zero-order valence-electron chi connectivity index (χ0n) is 10.3. The zero-order valence-corrected chi connectivity index (χ0v) is 12.7. The van der Waals surface area contributed by atoms with E-state index in [1.54, 1.807) is 0 Å². The number of imidazole rings is 1. The Morgan fingerprint density at radius 2 is 2.11 bits per heavy atom. The van der Waals surface area contributed by atoms with Crippen LogP contribution in [0.25, 0.3) is 16.2 Å². The highest BCUT2D eigenvalue weighted by Gasteiger charge is 2.18. The number of Topliss-reactive ketones (excluding diaryl/α,β-unsaturated/α-hetero) is 1. The molecule has 0 amide bonds. The summed E-state index contributed by atoms with van der Waals surface area (Å²) in [6.45, 7) is 1.97. The first-order valence-electron chi connectivity index (χ1n) is 5.84. The molecule has 0 saturated heterocycles. The molecule has 0 aliphatic heterocycles. The van der Waals surface area contributed by atoms with Gasteiger partial charge in [-0.05, 0) is 6.92 Å². The number of carbonyl (C=O) groups is 1. The van der Waals surface area contributed by atoms with Crippen LogP contribution in [0.3, 0.4) is 0 Å². The molecular formula is C14H11BrN2OS. The topological polar surface area (TPSA) is 34.4 Å². The lowest BCUT2D eigenvalue weighted by Gasteiger charge is -2.01. The molecule has 0 aliphatic carbocycles. The molecular weight excluding hydrogens is 324 g/mol. The van der Waals surface area contributed by atoms with Crippen LogP contribution >= 0.6 is 27.3 Å². The summed E-state index contributed by atoms with van der Waals surface area (Å²) in [5, 5.41) is 0.345. The van der Waals surface area contributed by atoms with Crippen molar-refractivity contribution in [1.82, 2.24) is 9.38 Å². The number of aromatic nitrogens is 2. The average Bonchev–Trinajstić information content (AvgIpc) is 3.00. The number of aryl methyl sites for hydroxylation is 1. The number of thiazole rings is 1. The van der Waals surface area contributed by atoms with Gasteiger partial charge < -0.3 is 0 Å². The molecule has 3 nitrogen and oxygen atoms in total. The molecule has 19 heavy (non-hydrogen) atoms. The summed E-state index contributed by atoms with van der Waals surface area (Å²) >= 11 is 4.67. The summed E-state index contributed by atoms with van der Waals surface area (Å²) in [6, 6.07) is 10.1. The third kappa shape index (κ3) is 2.03. The first-order chi connectivity index (χ1) is 9.22. The second-order valence-electron chi connectivity index (χ2n) is 4.20. The molecule has 5 heteroatoms. The molecule has 2 heterocycles. The van der Waals surface area contributed by atoms with Gasteiger partial charge in [0.15, 0.2) is 10.7 Å². The molecule has 3 aromatic rings. The Labute approximate surface area is 123 Å². The van der Waals surface area contributed by atoms with Crippen LogP contribution in [-0.2, 0) is 0 Å². The van der Waals surface area contributed by atoms with E-state index in [4.69, 9.17) is 0 Å². The van der Waals surface area contributed by atoms with E-state index in [1.807, 2.05) is 43.5 Å².